The molecule has 2 aromatic rings. The van der Waals surface area contributed by atoms with Crippen molar-refractivity contribution in [3.05, 3.63) is 82.4 Å². The number of piperidine rings is 1. The zero-order valence-electron chi connectivity index (χ0n) is 20.8. The Morgan fingerprint density at radius 2 is 1.83 bits per heavy atom. The summed E-state index contributed by atoms with van der Waals surface area (Å²) in [5.41, 5.74) is 1.36. The van der Waals surface area contributed by atoms with Crippen molar-refractivity contribution in [1.82, 2.24) is 9.62 Å². The Morgan fingerprint density at radius 3 is 2.42 bits per heavy atom. The number of carbonyl (C=O) groups is 1. The smallest absolute Gasteiger partial charge is 0.229 e. The fourth-order valence-electron chi connectivity index (χ4n) is 5.54. The Bertz CT molecular complexity index is 1210. The lowest BCUT2D eigenvalue weighted by Gasteiger charge is -2.52. The molecular weight excluding hydrogens is 515 g/mol. The Hall–Kier alpha value is -1.86. The number of rotatable bonds is 10. The van der Waals surface area contributed by atoms with Crippen molar-refractivity contribution in [2.24, 2.45) is 11.3 Å². The first-order valence-electron chi connectivity index (χ1n) is 12.5. The van der Waals surface area contributed by atoms with Crippen LogP contribution in [0, 0.1) is 11.3 Å². The van der Waals surface area contributed by atoms with Gasteiger partial charge in [-0.3, -0.25) is 4.79 Å². The van der Waals surface area contributed by atoms with Gasteiger partial charge in [-0.1, -0.05) is 60.5 Å². The second-order valence-corrected chi connectivity index (χ2v) is 13.3. The van der Waals surface area contributed by atoms with E-state index < -0.39 is 15.4 Å². The SMILES string of the molecule is C=CC[C@@]1(C)C[C@H](c2cccc(Cl)c2)[C@@H](c2ccc(Cl)cc2)N([C@@H](CNS(=O)(=O)CC)C2CC2)C1=O. The lowest BCUT2D eigenvalue weighted by molar-refractivity contribution is -0.155. The van der Waals surface area contributed by atoms with E-state index in [-0.39, 0.29) is 42.1 Å². The summed E-state index contributed by atoms with van der Waals surface area (Å²) in [6.45, 7) is 7.75. The second kappa shape index (κ2) is 10.9. The fraction of sp³-hybridized carbons (Fsp3) is 0.464. The van der Waals surface area contributed by atoms with Gasteiger partial charge in [-0.25, -0.2) is 13.1 Å². The van der Waals surface area contributed by atoms with Crippen LogP contribution in [0.15, 0.2) is 61.2 Å². The van der Waals surface area contributed by atoms with E-state index in [1.54, 1.807) is 13.0 Å². The van der Waals surface area contributed by atoms with Crippen molar-refractivity contribution in [1.29, 1.82) is 0 Å². The second-order valence-electron chi connectivity index (χ2n) is 10.3. The van der Waals surface area contributed by atoms with Crippen molar-refractivity contribution < 1.29 is 13.2 Å². The highest BCUT2D eigenvalue weighted by atomic mass is 35.5. The van der Waals surface area contributed by atoms with Gasteiger partial charge < -0.3 is 4.90 Å². The van der Waals surface area contributed by atoms with E-state index in [0.29, 0.717) is 22.9 Å². The Balaban J connectivity index is 1.87. The van der Waals surface area contributed by atoms with E-state index in [2.05, 4.69) is 17.4 Å². The fourth-order valence-corrected chi connectivity index (χ4v) is 6.49. The lowest BCUT2D eigenvalue weighted by atomic mass is 9.67. The molecule has 1 saturated carbocycles. The monoisotopic (exact) mass is 548 g/mol. The molecule has 0 radical (unpaired) electrons. The molecule has 1 aliphatic heterocycles. The largest absolute Gasteiger partial charge is 0.330 e. The molecule has 5 nitrogen and oxygen atoms in total. The number of nitrogens with zero attached hydrogens (tertiary/aromatic N) is 1. The number of nitrogens with one attached hydrogen (secondary N) is 1. The van der Waals surface area contributed by atoms with Crippen LogP contribution in [-0.2, 0) is 14.8 Å². The first kappa shape index (κ1) is 27.2. The van der Waals surface area contributed by atoms with Gasteiger partial charge >= 0.3 is 0 Å². The van der Waals surface area contributed by atoms with Gasteiger partial charge in [0.05, 0.1) is 17.2 Å². The van der Waals surface area contributed by atoms with Crippen LogP contribution >= 0.6 is 23.2 Å². The van der Waals surface area contributed by atoms with E-state index in [0.717, 1.165) is 24.0 Å². The number of hydrogen-bond donors (Lipinski definition) is 1. The standard InChI is InChI=1S/C28H34Cl2N2O3S/c1-4-15-28(3)17-24(21-7-6-8-23(30)16-21)26(20-11-13-22(29)14-12-20)32(27(28)33)25(19-9-10-19)18-31-36(34,35)5-2/h4,6-8,11-14,16,19,24-26,31H,1,5,9-10,15,17-18H2,2-3H3/t24-,25+,26-,28+/m1/s1. The van der Waals surface area contributed by atoms with E-state index in [9.17, 15) is 13.2 Å². The molecule has 2 fully saturated rings. The van der Waals surface area contributed by atoms with Crippen molar-refractivity contribution in [3.63, 3.8) is 0 Å². The van der Waals surface area contributed by atoms with Gasteiger partial charge in [-0.05, 0) is 73.9 Å². The molecule has 1 N–H and O–H groups in total. The highest BCUT2D eigenvalue weighted by Crippen LogP contribution is 2.54. The van der Waals surface area contributed by atoms with Crippen LogP contribution in [0.2, 0.25) is 10.0 Å². The quantitative estimate of drug-likeness (QED) is 0.351. The molecule has 2 aliphatic rings. The number of benzene rings is 2. The van der Waals surface area contributed by atoms with E-state index >= 15 is 0 Å². The minimum atomic E-state index is -3.41. The summed E-state index contributed by atoms with van der Waals surface area (Å²) in [6, 6.07) is 14.9. The Labute approximate surface area is 224 Å². The van der Waals surface area contributed by atoms with Gasteiger partial charge in [0.1, 0.15) is 0 Å². The highest BCUT2D eigenvalue weighted by Gasteiger charge is 2.53. The van der Waals surface area contributed by atoms with Crippen LogP contribution in [-0.4, -0.2) is 37.6 Å². The molecule has 0 aromatic heterocycles. The predicted octanol–water partition coefficient (Wildman–Crippen LogP) is 6.35. The number of hydrogen-bond acceptors (Lipinski definition) is 3. The van der Waals surface area contributed by atoms with Crippen molar-refractivity contribution >= 4 is 39.1 Å². The van der Waals surface area contributed by atoms with Gasteiger partial charge in [-0.15, -0.1) is 6.58 Å². The normalized spacial score (nSPS) is 25.6. The number of likely N-dealkylation sites (tertiary alicyclic amines) is 1. The third kappa shape index (κ3) is 5.83. The number of amides is 1. The van der Waals surface area contributed by atoms with Gasteiger partial charge in [0, 0.05) is 28.5 Å². The average Bonchev–Trinajstić information content (AvgIpc) is 3.68. The maximum Gasteiger partial charge on any atom is 0.229 e. The molecule has 1 amide bonds. The molecule has 1 aliphatic carbocycles. The van der Waals surface area contributed by atoms with Gasteiger partial charge in [0.2, 0.25) is 15.9 Å². The van der Waals surface area contributed by atoms with Gasteiger partial charge in [-0.2, -0.15) is 0 Å². The molecule has 8 heteroatoms. The molecule has 0 unspecified atom stereocenters. The van der Waals surface area contributed by atoms with Crippen LogP contribution in [0.1, 0.15) is 62.6 Å². The predicted molar refractivity (Wildman–Crippen MR) is 147 cm³/mol. The highest BCUT2D eigenvalue weighted by molar-refractivity contribution is 7.89. The molecule has 1 heterocycles. The third-order valence-corrected chi connectivity index (χ3v) is 9.45. The summed E-state index contributed by atoms with van der Waals surface area (Å²) in [5.74, 6) is 0.234. The van der Waals surface area contributed by atoms with Crippen LogP contribution in [0.25, 0.3) is 0 Å². The summed E-state index contributed by atoms with van der Waals surface area (Å²) in [5, 5.41) is 1.27. The summed E-state index contributed by atoms with van der Waals surface area (Å²) in [7, 11) is -3.41. The molecule has 36 heavy (non-hydrogen) atoms. The van der Waals surface area contributed by atoms with E-state index in [4.69, 9.17) is 23.2 Å². The minimum absolute atomic E-state index is 0.00172. The number of halogens is 2. The van der Waals surface area contributed by atoms with Crippen LogP contribution < -0.4 is 4.72 Å². The minimum Gasteiger partial charge on any atom is -0.330 e. The summed E-state index contributed by atoms with van der Waals surface area (Å²) >= 11 is 12.7. The van der Waals surface area contributed by atoms with Crippen molar-refractivity contribution in [2.45, 2.75) is 57.5 Å². The Kier molecular flexibility index (Phi) is 8.20. The Morgan fingerprint density at radius 1 is 1.14 bits per heavy atom. The van der Waals surface area contributed by atoms with Gasteiger partial charge in [0.25, 0.3) is 0 Å². The molecule has 0 spiro atoms. The third-order valence-electron chi connectivity index (χ3n) is 7.60. The molecule has 1 saturated heterocycles. The maximum atomic E-state index is 14.3. The summed E-state index contributed by atoms with van der Waals surface area (Å²) in [6.07, 6.45) is 4.90. The van der Waals surface area contributed by atoms with E-state index in [1.165, 1.54) is 0 Å². The first-order chi connectivity index (χ1) is 17.1. The van der Waals surface area contributed by atoms with Crippen molar-refractivity contribution in [2.75, 3.05) is 12.3 Å². The first-order valence-corrected chi connectivity index (χ1v) is 14.9. The topological polar surface area (TPSA) is 66.5 Å². The number of carbonyl (C=O) groups excluding carboxylic acids is 1. The zero-order valence-corrected chi connectivity index (χ0v) is 23.1. The van der Waals surface area contributed by atoms with Crippen LogP contribution in [0.3, 0.4) is 0 Å². The van der Waals surface area contributed by atoms with Crippen LogP contribution in [0.5, 0.6) is 0 Å². The van der Waals surface area contributed by atoms with E-state index in [1.807, 2.05) is 54.3 Å². The maximum absolute atomic E-state index is 14.3. The molecule has 4 atom stereocenters. The summed E-state index contributed by atoms with van der Waals surface area (Å²) in [4.78, 5) is 16.3. The average molecular weight is 550 g/mol. The number of sulfonamides is 1. The van der Waals surface area contributed by atoms with Crippen molar-refractivity contribution in [3.8, 4) is 0 Å². The molecule has 2 aromatic carbocycles. The lowest BCUT2D eigenvalue weighted by Crippen LogP contribution is -2.58. The van der Waals surface area contributed by atoms with Gasteiger partial charge in [0.15, 0.2) is 0 Å². The molecule has 194 valence electrons. The molecule has 4 rings (SSSR count). The summed E-state index contributed by atoms with van der Waals surface area (Å²) < 4.78 is 27.6. The number of allylic oxidation sites excluding steroid dienone is 1. The molecule has 0 bridgehead atoms. The van der Waals surface area contributed by atoms with Crippen LogP contribution in [0.4, 0.5) is 0 Å². The molecular formula is C28H34Cl2N2O3S. The zero-order chi connectivity index (χ0) is 26.1.